The second-order valence-corrected chi connectivity index (χ2v) is 5.53. The van der Waals surface area contributed by atoms with Gasteiger partial charge in [0.25, 0.3) is 10.0 Å². The molecule has 1 N–H and O–H groups in total. The number of hydrogen-bond donors (Lipinski definition) is 1. The molecule has 0 saturated heterocycles. The highest BCUT2D eigenvalue weighted by atomic mass is 35.5. The van der Waals surface area contributed by atoms with Crippen molar-refractivity contribution in [3.05, 3.63) is 47.1 Å². The van der Waals surface area contributed by atoms with Crippen LogP contribution in [-0.2, 0) is 10.0 Å². The summed E-state index contributed by atoms with van der Waals surface area (Å²) in [5.74, 6) is 0.0703. The molecule has 2 rings (SSSR count). The second kappa shape index (κ2) is 5.22. The summed E-state index contributed by atoms with van der Waals surface area (Å²) in [6, 6.07) is 8.82. The number of benzene rings is 1. The van der Waals surface area contributed by atoms with Gasteiger partial charge >= 0.3 is 0 Å². The summed E-state index contributed by atoms with van der Waals surface area (Å²) >= 11 is 5.84. The highest BCUT2D eigenvalue weighted by Gasteiger charge is 2.19. The van der Waals surface area contributed by atoms with Gasteiger partial charge < -0.3 is 0 Å². The normalized spacial score (nSPS) is 10.7. The van der Waals surface area contributed by atoms with E-state index in [1.807, 2.05) is 6.07 Å². The van der Waals surface area contributed by atoms with E-state index in [0.29, 0.717) is 0 Å². The topological polar surface area (TPSA) is 95.7 Å². The number of anilines is 1. The van der Waals surface area contributed by atoms with E-state index >= 15 is 0 Å². The molecule has 0 saturated carbocycles. The Bertz CT molecular complexity index is 741. The van der Waals surface area contributed by atoms with Crippen molar-refractivity contribution < 1.29 is 8.42 Å². The molecule has 0 fully saturated rings. The number of halogens is 1. The van der Waals surface area contributed by atoms with Gasteiger partial charge in [0, 0.05) is 6.20 Å². The maximum absolute atomic E-state index is 12.1. The van der Waals surface area contributed by atoms with E-state index in [-0.39, 0.29) is 21.3 Å². The van der Waals surface area contributed by atoms with Gasteiger partial charge in [0.2, 0.25) is 0 Å². The van der Waals surface area contributed by atoms with Crippen molar-refractivity contribution in [2.45, 2.75) is 4.90 Å². The Labute approximate surface area is 114 Å². The maximum Gasteiger partial charge on any atom is 0.264 e. The first-order chi connectivity index (χ1) is 9.03. The third-order valence-corrected chi connectivity index (χ3v) is 4.00. The van der Waals surface area contributed by atoms with Crippen LogP contribution in [0.25, 0.3) is 0 Å². The van der Waals surface area contributed by atoms with Gasteiger partial charge in [-0.2, -0.15) is 10.4 Å². The van der Waals surface area contributed by atoms with Crippen molar-refractivity contribution in [3.63, 3.8) is 0 Å². The van der Waals surface area contributed by atoms with Gasteiger partial charge in [-0.25, -0.2) is 8.42 Å². The largest absolute Gasteiger partial charge is 0.264 e. The molecule has 0 aliphatic heterocycles. The third kappa shape index (κ3) is 2.99. The molecule has 1 heterocycles. The number of nitrogens with one attached hydrogen (secondary N) is 1. The zero-order valence-corrected chi connectivity index (χ0v) is 11.0. The standard InChI is InChI=1S/C11H7ClN4O2S/c12-9-4-3-8(7-13)6-10(9)19(17,18)16-11-2-1-5-14-15-11/h1-6H,(H,15,16). The summed E-state index contributed by atoms with van der Waals surface area (Å²) in [4.78, 5) is -0.182. The first-order valence-corrected chi connectivity index (χ1v) is 6.89. The summed E-state index contributed by atoms with van der Waals surface area (Å²) in [5, 5.41) is 16.0. The second-order valence-electron chi connectivity index (χ2n) is 3.47. The molecule has 1 aromatic heterocycles. The molecule has 2 aromatic rings. The monoisotopic (exact) mass is 294 g/mol. The zero-order valence-electron chi connectivity index (χ0n) is 9.41. The molecule has 0 atom stereocenters. The predicted molar refractivity (Wildman–Crippen MR) is 69.0 cm³/mol. The predicted octanol–water partition coefficient (Wildman–Crippen LogP) is 1.80. The number of nitriles is 1. The van der Waals surface area contributed by atoms with E-state index in [1.54, 1.807) is 0 Å². The highest BCUT2D eigenvalue weighted by Crippen LogP contribution is 2.24. The fraction of sp³-hybridized carbons (Fsp3) is 0. The number of rotatable bonds is 3. The van der Waals surface area contributed by atoms with Gasteiger partial charge in [-0.15, -0.1) is 5.10 Å². The summed E-state index contributed by atoms with van der Waals surface area (Å²) in [6.45, 7) is 0. The van der Waals surface area contributed by atoms with Gasteiger partial charge in [0.1, 0.15) is 4.90 Å². The Morgan fingerprint density at radius 3 is 2.74 bits per heavy atom. The minimum atomic E-state index is -3.91. The Balaban J connectivity index is 2.43. The molecule has 1 aromatic carbocycles. The van der Waals surface area contributed by atoms with Gasteiger partial charge in [-0.3, -0.25) is 4.72 Å². The molecule has 19 heavy (non-hydrogen) atoms. The number of sulfonamides is 1. The van der Waals surface area contributed by atoms with Crippen molar-refractivity contribution in [1.82, 2.24) is 10.2 Å². The summed E-state index contributed by atoms with van der Waals surface area (Å²) in [5.41, 5.74) is 0.198. The molecule has 0 spiro atoms. The first kappa shape index (κ1) is 13.3. The minimum absolute atomic E-state index is 0.0235. The average molecular weight is 295 g/mol. The smallest absolute Gasteiger partial charge is 0.262 e. The fourth-order valence-electron chi connectivity index (χ4n) is 1.33. The maximum atomic E-state index is 12.1. The van der Waals surface area contributed by atoms with Crippen LogP contribution in [-0.4, -0.2) is 18.6 Å². The number of nitrogens with zero attached hydrogens (tertiary/aromatic N) is 3. The van der Waals surface area contributed by atoms with Gasteiger partial charge in [0.15, 0.2) is 5.82 Å². The highest BCUT2D eigenvalue weighted by molar-refractivity contribution is 7.92. The Hall–Kier alpha value is -2.17. The SMILES string of the molecule is N#Cc1ccc(Cl)c(S(=O)(=O)Nc2cccnn2)c1. The van der Waals surface area contributed by atoms with Crippen molar-refractivity contribution in [3.8, 4) is 6.07 Å². The van der Waals surface area contributed by atoms with Crippen LogP contribution in [0.3, 0.4) is 0 Å². The van der Waals surface area contributed by atoms with Crippen LogP contribution in [0.1, 0.15) is 5.56 Å². The Morgan fingerprint density at radius 2 is 2.11 bits per heavy atom. The lowest BCUT2D eigenvalue weighted by molar-refractivity contribution is 0.601. The molecular weight excluding hydrogens is 288 g/mol. The van der Waals surface area contributed by atoms with E-state index in [9.17, 15) is 8.42 Å². The average Bonchev–Trinajstić information content (AvgIpc) is 2.39. The van der Waals surface area contributed by atoms with Crippen LogP contribution < -0.4 is 4.72 Å². The van der Waals surface area contributed by atoms with E-state index in [2.05, 4.69) is 14.9 Å². The molecule has 0 radical (unpaired) electrons. The summed E-state index contributed by atoms with van der Waals surface area (Å²) < 4.78 is 26.5. The Kier molecular flexibility index (Phi) is 3.64. The molecular formula is C11H7ClN4O2S. The van der Waals surface area contributed by atoms with Gasteiger partial charge in [-0.1, -0.05) is 11.6 Å². The first-order valence-electron chi connectivity index (χ1n) is 5.03. The van der Waals surface area contributed by atoms with Crippen molar-refractivity contribution in [1.29, 1.82) is 5.26 Å². The van der Waals surface area contributed by atoms with Crippen LogP contribution in [0.4, 0.5) is 5.82 Å². The number of aromatic nitrogens is 2. The lowest BCUT2D eigenvalue weighted by atomic mass is 10.2. The van der Waals surface area contributed by atoms with Crippen LogP contribution in [0.15, 0.2) is 41.4 Å². The zero-order chi connectivity index (χ0) is 13.9. The molecule has 96 valence electrons. The van der Waals surface area contributed by atoms with E-state index in [1.165, 1.54) is 36.5 Å². The summed E-state index contributed by atoms with van der Waals surface area (Å²) in [7, 11) is -3.91. The fourth-order valence-corrected chi connectivity index (χ4v) is 2.85. The van der Waals surface area contributed by atoms with Gasteiger partial charge in [0.05, 0.1) is 16.7 Å². The molecule has 8 heteroatoms. The third-order valence-electron chi connectivity index (χ3n) is 2.16. The minimum Gasteiger partial charge on any atom is -0.262 e. The van der Waals surface area contributed by atoms with Crippen molar-refractivity contribution >= 4 is 27.4 Å². The van der Waals surface area contributed by atoms with Crippen LogP contribution in [0, 0.1) is 11.3 Å². The summed E-state index contributed by atoms with van der Waals surface area (Å²) in [6.07, 6.45) is 1.42. The van der Waals surface area contributed by atoms with Crippen LogP contribution in [0.2, 0.25) is 5.02 Å². The quantitative estimate of drug-likeness (QED) is 0.931. The Morgan fingerprint density at radius 1 is 1.32 bits per heavy atom. The van der Waals surface area contributed by atoms with E-state index in [4.69, 9.17) is 16.9 Å². The van der Waals surface area contributed by atoms with Crippen molar-refractivity contribution in [2.24, 2.45) is 0 Å². The number of hydrogen-bond acceptors (Lipinski definition) is 5. The van der Waals surface area contributed by atoms with E-state index in [0.717, 1.165) is 0 Å². The van der Waals surface area contributed by atoms with Crippen molar-refractivity contribution in [2.75, 3.05) is 4.72 Å². The lowest BCUT2D eigenvalue weighted by Crippen LogP contribution is -2.14. The molecule has 0 aliphatic rings. The molecule has 0 unspecified atom stereocenters. The van der Waals surface area contributed by atoms with Crippen LogP contribution >= 0.6 is 11.6 Å². The van der Waals surface area contributed by atoms with Gasteiger partial charge in [-0.05, 0) is 30.3 Å². The van der Waals surface area contributed by atoms with E-state index < -0.39 is 10.0 Å². The molecule has 0 aliphatic carbocycles. The molecule has 6 nitrogen and oxygen atoms in total. The lowest BCUT2D eigenvalue weighted by Gasteiger charge is -2.08. The van der Waals surface area contributed by atoms with Crippen LogP contribution in [0.5, 0.6) is 0 Å². The molecule has 0 bridgehead atoms. The molecule has 0 amide bonds.